The summed E-state index contributed by atoms with van der Waals surface area (Å²) in [6.45, 7) is 2.56. The second-order valence-corrected chi connectivity index (χ2v) is 3.61. The van der Waals surface area contributed by atoms with Gasteiger partial charge < -0.3 is 0 Å². The van der Waals surface area contributed by atoms with Crippen molar-refractivity contribution in [2.45, 2.75) is 20.0 Å². The van der Waals surface area contributed by atoms with E-state index in [2.05, 4.69) is 0 Å². The molecule has 0 radical (unpaired) electrons. The number of aryl methyl sites for hydroxylation is 1. The normalized spacial score (nSPS) is 11.6. The third-order valence-corrected chi connectivity index (χ3v) is 2.31. The van der Waals surface area contributed by atoms with Crippen molar-refractivity contribution in [2.24, 2.45) is 0 Å². The summed E-state index contributed by atoms with van der Waals surface area (Å²) >= 11 is 5.58. The molecule has 1 nitrogen and oxygen atoms in total. The fourth-order valence-corrected chi connectivity index (χ4v) is 1.55. The molecule has 0 aliphatic rings. The highest BCUT2D eigenvalue weighted by Crippen LogP contribution is 2.34. The summed E-state index contributed by atoms with van der Waals surface area (Å²) < 4.78 is 37.3. The number of halogens is 4. The van der Waals surface area contributed by atoms with E-state index in [1.54, 1.807) is 0 Å². The molecule has 0 heterocycles. The topological polar surface area (TPSA) is 17.1 Å². The molecule has 15 heavy (non-hydrogen) atoms. The van der Waals surface area contributed by atoms with Crippen LogP contribution in [0, 0.1) is 6.92 Å². The first-order valence-electron chi connectivity index (χ1n) is 4.11. The Balaban J connectivity index is 3.39. The van der Waals surface area contributed by atoms with Crippen LogP contribution in [-0.2, 0) is 6.18 Å². The molecule has 0 amide bonds. The average molecular weight is 237 g/mol. The summed E-state index contributed by atoms with van der Waals surface area (Å²) in [6, 6.07) is 1.95. The molecule has 1 aromatic rings. The van der Waals surface area contributed by atoms with E-state index in [0.717, 1.165) is 12.1 Å². The molecule has 0 aliphatic heterocycles. The Morgan fingerprint density at radius 2 is 1.87 bits per heavy atom. The summed E-state index contributed by atoms with van der Waals surface area (Å²) in [4.78, 5) is 11.0. The van der Waals surface area contributed by atoms with E-state index < -0.39 is 11.7 Å². The maximum absolute atomic E-state index is 12.4. The van der Waals surface area contributed by atoms with E-state index in [1.165, 1.54) is 13.8 Å². The van der Waals surface area contributed by atoms with Gasteiger partial charge in [0.25, 0.3) is 0 Å². The fraction of sp³-hybridized carbons (Fsp3) is 0.300. The van der Waals surface area contributed by atoms with E-state index in [9.17, 15) is 18.0 Å². The summed E-state index contributed by atoms with van der Waals surface area (Å²) in [5, 5.41) is -0.166. The molecule has 0 spiro atoms. The molecule has 1 rings (SSSR count). The van der Waals surface area contributed by atoms with Crippen LogP contribution in [-0.4, -0.2) is 5.78 Å². The first-order valence-corrected chi connectivity index (χ1v) is 4.49. The third kappa shape index (κ3) is 2.50. The first-order chi connectivity index (χ1) is 6.73. The molecule has 5 heteroatoms. The maximum atomic E-state index is 12.4. The second kappa shape index (κ2) is 3.85. The Kier molecular flexibility index (Phi) is 3.09. The van der Waals surface area contributed by atoms with Crippen molar-refractivity contribution in [2.75, 3.05) is 0 Å². The molecule has 82 valence electrons. The van der Waals surface area contributed by atoms with Crippen molar-refractivity contribution in [1.29, 1.82) is 0 Å². The van der Waals surface area contributed by atoms with Crippen LogP contribution in [0.4, 0.5) is 13.2 Å². The molecule has 0 saturated heterocycles. The van der Waals surface area contributed by atoms with E-state index in [-0.39, 0.29) is 21.9 Å². The minimum absolute atomic E-state index is 0.00269. The molecule has 0 atom stereocenters. The number of carbonyl (C=O) groups excluding carboxylic acids is 1. The van der Waals surface area contributed by atoms with Crippen LogP contribution in [0.2, 0.25) is 5.02 Å². The van der Waals surface area contributed by atoms with Gasteiger partial charge in [-0.25, -0.2) is 0 Å². The van der Waals surface area contributed by atoms with Crippen LogP contribution in [0.5, 0.6) is 0 Å². The molecule has 0 N–H and O–H groups in total. The predicted octanol–water partition coefficient (Wildman–Crippen LogP) is 3.87. The van der Waals surface area contributed by atoms with Crippen molar-refractivity contribution < 1.29 is 18.0 Å². The van der Waals surface area contributed by atoms with Crippen LogP contribution >= 0.6 is 11.6 Å². The molecule has 0 aliphatic carbocycles. The summed E-state index contributed by atoms with van der Waals surface area (Å²) in [6.07, 6.45) is -4.44. The van der Waals surface area contributed by atoms with Crippen LogP contribution in [0.15, 0.2) is 12.1 Å². The maximum Gasteiger partial charge on any atom is 0.416 e. The average Bonchev–Trinajstić information content (AvgIpc) is 2.06. The Morgan fingerprint density at radius 1 is 1.33 bits per heavy atom. The summed E-state index contributed by atoms with van der Waals surface area (Å²) in [5.74, 6) is -0.350. The van der Waals surface area contributed by atoms with Gasteiger partial charge in [0.15, 0.2) is 5.78 Å². The van der Waals surface area contributed by atoms with Gasteiger partial charge in [0.2, 0.25) is 0 Å². The number of carbonyl (C=O) groups is 1. The van der Waals surface area contributed by atoms with Gasteiger partial charge in [0.05, 0.1) is 10.6 Å². The highest BCUT2D eigenvalue weighted by atomic mass is 35.5. The summed E-state index contributed by atoms with van der Waals surface area (Å²) in [7, 11) is 0. The monoisotopic (exact) mass is 236 g/mol. The second-order valence-electron chi connectivity index (χ2n) is 3.20. The van der Waals surface area contributed by atoms with Crippen LogP contribution < -0.4 is 0 Å². The Labute approximate surface area is 89.9 Å². The smallest absolute Gasteiger partial charge is 0.294 e. The highest BCUT2D eigenvalue weighted by Gasteiger charge is 2.33. The van der Waals surface area contributed by atoms with Gasteiger partial charge in [0.1, 0.15) is 0 Å². The molecule has 0 saturated carbocycles. The molecule has 1 aromatic carbocycles. The van der Waals surface area contributed by atoms with Crippen LogP contribution in [0.3, 0.4) is 0 Å². The lowest BCUT2D eigenvalue weighted by Gasteiger charge is -2.12. The van der Waals surface area contributed by atoms with Gasteiger partial charge in [-0.3, -0.25) is 4.79 Å². The third-order valence-electron chi connectivity index (χ3n) is 2.00. The number of hydrogen-bond acceptors (Lipinski definition) is 1. The minimum atomic E-state index is -4.44. The minimum Gasteiger partial charge on any atom is -0.294 e. The fourth-order valence-electron chi connectivity index (χ4n) is 1.26. The first kappa shape index (κ1) is 12.0. The predicted molar refractivity (Wildman–Crippen MR) is 51.2 cm³/mol. The molecule has 0 unspecified atom stereocenters. The number of rotatable bonds is 1. The lowest BCUT2D eigenvalue weighted by atomic mass is 10.0. The van der Waals surface area contributed by atoms with Crippen molar-refractivity contribution in [3.8, 4) is 0 Å². The van der Waals surface area contributed by atoms with Gasteiger partial charge in [-0.2, -0.15) is 13.2 Å². The largest absolute Gasteiger partial charge is 0.416 e. The van der Waals surface area contributed by atoms with Gasteiger partial charge in [0, 0.05) is 5.56 Å². The van der Waals surface area contributed by atoms with Gasteiger partial charge in [-0.05, 0) is 31.5 Å². The molecule has 0 aromatic heterocycles. The van der Waals surface area contributed by atoms with Crippen molar-refractivity contribution >= 4 is 17.4 Å². The van der Waals surface area contributed by atoms with E-state index in [1.807, 2.05) is 0 Å². The molecule has 0 bridgehead atoms. The highest BCUT2D eigenvalue weighted by molar-refractivity contribution is 6.34. The van der Waals surface area contributed by atoms with Crippen LogP contribution in [0.25, 0.3) is 0 Å². The van der Waals surface area contributed by atoms with E-state index in [0.29, 0.717) is 0 Å². The Bertz CT molecular complexity index is 410. The quantitative estimate of drug-likeness (QED) is 0.677. The number of benzene rings is 1. The lowest BCUT2D eigenvalue weighted by Crippen LogP contribution is -2.09. The number of alkyl halides is 3. The van der Waals surface area contributed by atoms with Crippen LogP contribution in [0.1, 0.15) is 28.4 Å². The zero-order chi connectivity index (χ0) is 11.8. The van der Waals surface area contributed by atoms with Gasteiger partial charge in [-0.15, -0.1) is 0 Å². The van der Waals surface area contributed by atoms with Crippen molar-refractivity contribution in [3.63, 3.8) is 0 Å². The zero-order valence-electron chi connectivity index (χ0n) is 8.07. The standard InChI is InChI=1S/C10H8ClF3O/c1-5-3-7(6(2)15)9(11)4-8(5)10(12,13)14/h3-4H,1-2H3. The van der Waals surface area contributed by atoms with Crippen molar-refractivity contribution in [1.82, 2.24) is 0 Å². The lowest BCUT2D eigenvalue weighted by molar-refractivity contribution is -0.138. The number of Topliss-reactive ketones (excluding diaryl/α,β-unsaturated/α-hetero) is 1. The number of ketones is 1. The van der Waals surface area contributed by atoms with Gasteiger partial charge >= 0.3 is 6.18 Å². The van der Waals surface area contributed by atoms with Gasteiger partial charge in [-0.1, -0.05) is 11.6 Å². The Morgan fingerprint density at radius 3 is 2.27 bits per heavy atom. The Hall–Kier alpha value is -1.03. The van der Waals surface area contributed by atoms with E-state index >= 15 is 0 Å². The SMILES string of the molecule is CC(=O)c1cc(C)c(C(F)(F)F)cc1Cl. The molecular weight excluding hydrogens is 229 g/mol. The van der Waals surface area contributed by atoms with Crippen molar-refractivity contribution in [3.05, 3.63) is 33.8 Å². The number of hydrogen-bond donors (Lipinski definition) is 0. The van der Waals surface area contributed by atoms with E-state index in [4.69, 9.17) is 11.6 Å². The molecular formula is C10H8ClF3O. The summed E-state index contributed by atoms with van der Waals surface area (Å²) in [5.41, 5.74) is -0.697. The zero-order valence-corrected chi connectivity index (χ0v) is 8.83. The molecule has 0 fully saturated rings.